The van der Waals surface area contributed by atoms with Crippen LogP contribution in [-0.4, -0.2) is 68.1 Å². The highest BCUT2D eigenvalue weighted by Crippen LogP contribution is 2.24. The van der Waals surface area contributed by atoms with Crippen LogP contribution in [0.5, 0.6) is 0 Å². The number of hydrogen-bond donors (Lipinski definition) is 3. The molecule has 0 radical (unpaired) electrons. The van der Waals surface area contributed by atoms with Gasteiger partial charge in [-0.25, -0.2) is 0 Å². The summed E-state index contributed by atoms with van der Waals surface area (Å²) in [6.07, 6.45) is 9.44. The van der Waals surface area contributed by atoms with Crippen LogP contribution in [0.2, 0.25) is 0 Å². The Kier molecular flexibility index (Phi) is 7.42. The molecule has 2 aromatic heterocycles. The molecule has 11 nitrogen and oxygen atoms in total. The first-order valence-electron chi connectivity index (χ1n) is 12.9. The van der Waals surface area contributed by atoms with Crippen LogP contribution in [0.25, 0.3) is 5.65 Å². The van der Waals surface area contributed by atoms with E-state index >= 15 is 0 Å². The lowest BCUT2D eigenvalue weighted by Gasteiger charge is -2.38. The van der Waals surface area contributed by atoms with Crippen LogP contribution in [0.4, 0.5) is 17.6 Å². The molecule has 4 heterocycles. The maximum Gasteiger partial charge on any atom is 0.298 e. The van der Waals surface area contributed by atoms with Gasteiger partial charge in [-0.05, 0) is 48.8 Å². The molecule has 2 saturated heterocycles. The molecule has 2 amide bonds. The number of likely N-dealkylation sites (tertiary alicyclic amines) is 1. The molecular formula is C27H32N8O3. The third-order valence-corrected chi connectivity index (χ3v) is 6.92. The highest BCUT2D eigenvalue weighted by Gasteiger charge is 2.36. The van der Waals surface area contributed by atoms with E-state index < -0.39 is 11.9 Å². The number of amides is 2. The maximum atomic E-state index is 12.7. The van der Waals surface area contributed by atoms with E-state index in [9.17, 15) is 9.59 Å². The third kappa shape index (κ3) is 5.40. The second-order valence-electron chi connectivity index (χ2n) is 9.88. The first-order chi connectivity index (χ1) is 18.4. The van der Waals surface area contributed by atoms with Crippen molar-refractivity contribution in [3.8, 4) is 12.3 Å². The molecule has 0 aliphatic carbocycles. The fourth-order valence-electron chi connectivity index (χ4n) is 4.66. The summed E-state index contributed by atoms with van der Waals surface area (Å²) in [4.78, 5) is 35.4. The van der Waals surface area contributed by atoms with E-state index in [2.05, 4.69) is 40.8 Å². The first-order valence-corrected chi connectivity index (χ1v) is 12.9. The smallest absolute Gasteiger partial charge is 0.298 e. The lowest BCUT2D eigenvalue weighted by atomic mass is 10.0. The van der Waals surface area contributed by atoms with Gasteiger partial charge in [0.25, 0.3) is 5.91 Å². The topological polar surface area (TPSA) is 126 Å². The molecule has 0 saturated carbocycles. The zero-order chi connectivity index (χ0) is 26.6. The van der Waals surface area contributed by atoms with Gasteiger partial charge in [0, 0.05) is 43.6 Å². The molecule has 0 bridgehead atoms. The Hall–Kier alpha value is -4.17. The van der Waals surface area contributed by atoms with E-state index in [4.69, 9.17) is 21.1 Å². The highest BCUT2D eigenvalue weighted by molar-refractivity contribution is 6.01. The van der Waals surface area contributed by atoms with Crippen LogP contribution >= 0.6 is 0 Å². The maximum absolute atomic E-state index is 12.7. The molecule has 2 fully saturated rings. The van der Waals surface area contributed by atoms with Crippen LogP contribution in [0.15, 0.2) is 30.5 Å². The third-order valence-electron chi connectivity index (χ3n) is 6.92. The lowest BCUT2D eigenvalue weighted by molar-refractivity contribution is -0.140. The van der Waals surface area contributed by atoms with Crippen molar-refractivity contribution in [1.82, 2.24) is 24.5 Å². The van der Waals surface area contributed by atoms with Crippen LogP contribution in [0, 0.1) is 12.3 Å². The summed E-state index contributed by atoms with van der Waals surface area (Å²) in [6.45, 7) is 6.62. The quantitative estimate of drug-likeness (QED) is 0.390. The van der Waals surface area contributed by atoms with Crippen LogP contribution in [0.1, 0.15) is 50.2 Å². The van der Waals surface area contributed by atoms with Crippen molar-refractivity contribution < 1.29 is 14.3 Å². The number of fused-ring (bicyclic) bond motifs is 1. The monoisotopic (exact) mass is 516 g/mol. The first kappa shape index (κ1) is 25.5. The zero-order valence-electron chi connectivity index (χ0n) is 21.6. The van der Waals surface area contributed by atoms with Crippen molar-refractivity contribution >= 4 is 35.0 Å². The Bertz CT molecular complexity index is 1370. The molecular weight excluding hydrogens is 484 g/mol. The molecule has 1 aromatic carbocycles. The minimum absolute atomic E-state index is 0.246. The summed E-state index contributed by atoms with van der Waals surface area (Å²) in [5.41, 5.74) is 3.39. The number of nitrogens with one attached hydrogen (secondary N) is 3. The minimum Gasteiger partial charge on any atom is -0.381 e. The highest BCUT2D eigenvalue weighted by atomic mass is 16.5. The van der Waals surface area contributed by atoms with Gasteiger partial charge in [0.15, 0.2) is 5.65 Å². The Morgan fingerprint density at radius 1 is 1.21 bits per heavy atom. The van der Waals surface area contributed by atoms with Crippen molar-refractivity contribution in [2.24, 2.45) is 0 Å². The van der Waals surface area contributed by atoms with Crippen molar-refractivity contribution in [1.29, 1.82) is 0 Å². The molecule has 11 heteroatoms. The van der Waals surface area contributed by atoms with Gasteiger partial charge in [0.2, 0.25) is 17.8 Å². The number of aromatic nitrogens is 4. The van der Waals surface area contributed by atoms with Gasteiger partial charge in [-0.15, -0.1) is 6.42 Å². The molecule has 2 aliphatic heterocycles. The van der Waals surface area contributed by atoms with E-state index in [0.717, 1.165) is 42.8 Å². The molecule has 198 valence electrons. The average molecular weight is 517 g/mol. The normalized spacial score (nSPS) is 17.6. The molecule has 0 spiro atoms. The van der Waals surface area contributed by atoms with Gasteiger partial charge < -0.3 is 25.6 Å². The number of carbonyl (C=O) groups is 2. The van der Waals surface area contributed by atoms with Crippen LogP contribution < -0.4 is 16.0 Å². The van der Waals surface area contributed by atoms with Gasteiger partial charge in [0.1, 0.15) is 6.04 Å². The van der Waals surface area contributed by atoms with E-state index in [-0.39, 0.29) is 17.9 Å². The molecule has 1 unspecified atom stereocenters. The summed E-state index contributed by atoms with van der Waals surface area (Å²) in [7, 11) is 0. The zero-order valence-corrected chi connectivity index (χ0v) is 21.6. The van der Waals surface area contributed by atoms with Gasteiger partial charge in [0.05, 0.1) is 6.20 Å². The minimum atomic E-state index is -0.536. The van der Waals surface area contributed by atoms with Gasteiger partial charge in [-0.3, -0.25) is 9.59 Å². The van der Waals surface area contributed by atoms with E-state index in [0.29, 0.717) is 37.1 Å². The number of carbonyl (C=O) groups excluding carboxylic acids is 2. The number of anilines is 3. The molecule has 3 N–H and O–H groups in total. The number of ether oxygens (including phenoxy) is 1. The number of rotatable bonds is 8. The predicted octanol–water partition coefficient (Wildman–Crippen LogP) is 2.62. The molecule has 1 atom stereocenters. The Morgan fingerprint density at radius 2 is 2.03 bits per heavy atom. The summed E-state index contributed by atoms with van der Waals surface area (Å²) in [6, 6.07) is 7.25. The average Bonchev–Trinajstić information content (AvgIpc) is 3.32. The number of terminal acetylenes is 1. The van der Waals surface area contributed by atoms with E-state index in [1.54, 1.807) is 4.52 Å². The predicted molar refractivity (Wildman–Crippen MR) is 144 cm³/mol. The van der Waals surface area contributed by atoms with Gasteiger partial charge in [-0.2, -0.15) is 19.6 Å². The lowest BCUT2D eigenvalue weighted by Crippen LogP contribution is -2.56. The Labute approximate surface area is 221 Å². The van der Waals surface area contributed by atoms with Crippen molar-refractivity contribution in [2.45, 2.75) is 57.7 Å². The van der Waals surface area contributed by atoms with Gasteiger partial charge >= 0.3 is 0 Å². The fraction of sp³-hybridized carbons (Fsp3) is 0.444. The summed E-state index contributed by atoms with van der Waals surface area (Å²) in [5, 5.41) is 14.3. The number of benzene rings is 1. The molecule has 2 aliphatic rings. The summed E-state index contributed by atoms with van der Waals surface area (Å²) >= 11 is 0. The van der Waals surface area contributed by atoms with E-state index in [1.807, 2.05) is 30.5 Å². The standard InChI is InChI=1S/C27H32N8O3/c1-4-23(36)34-11-8-22(34)25(37)30-20-7-5-6-18(14-20)15-28-27-33-26(31-19-9-12-38-13-10-19)32-24-21(17(2)3)16-29-35(24)27/h1,5-7,14,16-17,19,22H,8-13,15H2,2-3H3,(H,30,37)(H2,28,31,32,33). The second-order valence-corrected chi connectivity index (χ2v) is 9.88. The summed E-state index contributed by atoms with van der Waals surface area (Å²) < 4.78 is 7.20. The SMILES string of the molecule is C#CC(=O)N1CCC1C(=O)Nc1cccc(CNc2nc(NC3CCOCC3)nc3c(C(C)C)cnn23)c1. The van der Waals surface area contributed by atoms with Gasteiger partial charge in [-0.1, -0.05) is 26.0 Å². The molecule has 38 heavy (non-hydrogen) atoms. The Balaban J connectivity index is 1.31. The van der Waals surface area contributed by atoms with Crippen molar-refractivity contribution in [3.05, 3.63) is 41.6 Å². The molecule has 3 aromatic rings. The Morgan fingerprint density at radius 3 is 2.74 bits per heavy atom. The van der Waals surface area contributed by atoms with Crippen molar-refractivity contribution in [2.75, 3.05) is 35.7 Å². The van der Waals surface area contributed by atoms with E-state index in [1.165, 1.54) is 4.90 Å². The second kappa shape index (κ2) is 11.1. The van der Waals surface area contributed by atoms with Crippen LogP contribution in [0.3, 0.4) is 0 Å². The summed E-state index contributed by atoms with van der Waals surface area (Å²) in [5.74, 6) is 2.75. The number of hydrogen-bond acceptors (Lipinski definition) is 8. The van der Waals surface area contributed by atoms with Crippen LogP contribution in [-0.2, 0) is 20.9 Å². The largest absolute Gasteiger partial charge is 0.381 e. The van der Waals surface area contributed by atoms with Crippen molar-refractivity contribution in [3.63, 3.8) is 0 Å². The fourth-order valence-corrected chi connectivity index (χ4v) is 4.66. The molecule has 5 rings (SSSR count). The number of nitrogens with zero attached hydrogens (tertiary/aromatic N) is 5.